The van der Waals surface area contributed by atoms with Gasteiger partial charge in [0.05, 0.1) is 13.2 Å². The summed E-state index contributed by atoms with van der Waals surface area (Å²) < 4.78 is 18.6. The molecule has 2 aromatic carbocycles. The number of halogens is 1. The van der Waals surface area contributed by atoms with E-state index in [1.165, 1.54) is 13.2 Å². The van der Waals surface area contributed by atoms with Crippen LogP contribution >= 0.6 is 0 Å². The third kappa shape index (κ3) is 3.60. The fourth-order valence-corrected chi connectivity index (χ4v) is 2.02. The smallest absolute Gasteiger partial charge is 0.251 e. The van der Waals surface area contributed by atoms with Crippen LogP contribution in [0.2, 0.25) is 0 Å². The van der Waals surface area contributed by atoms with E-state index in [-0.39, 0.29) is 17.7 Å². The topological polar surface area (TPSA) is 38.3 Å². The Balaban J connectivity index is 2.10. The summed E-state index contributed by atoms with van der Waals surface area (Å²) in [4.78, 5) is 12.1. The summed E-state index contributed by atoms with van der Waals surface area (Å²) in [7, 11) is 1.42. The molecule has 1 N–H and O–H groups in total. The van der Waals surface area contributed by atoms with Crippen LogP contribution in [0.4, 0.5) is 4.39 Å². The average molecular weight is 287 g/mol. The summed E-state index contributed by atoms with van der Waals surface area (Å²) in [5.41, 5.74) is 2.37. The fraction of sp³-hybridized carbons (Fsp3) is 0.235. The van der Waals surface area contributed by atoms with Crippen LogP contribution in [-0.2, 0) is 0 Å². The Bertz CT molecular complexity index is 638. The fourth-order valence-electron chi connectivity index (χ4n) is 2.02. The molecule has 1 amide bonds. The number of carbonyl (C=O) groups is 1. The first kappa shape index (κ1) is 15.0. The normalized spacial score (nSPS) is 11.8. The molecule has 0 saturated carbocycles. The van der Waals surface area contributed by atoms with Gasteiger partial charge in [-0.2, -0.15) is 0 Å². The first-order valence-electron chi connectivity index (χ1n) is 6.72. The first-order valence-corrected chi connectivity index (χ1v) is 6.72. The molecule has 0 aromatic heterocycles. The number of hydrogen-bond donors (Lipinski definition) is 1. The molecule has 21 heavy (non-hydrogen) atoms. The van der Waals surface area contributed by atoms with E-state index in [0.29, 0.717) is 11.1 Å². The van der Waals surface area contributed by atoms with Gasteiger partial charge in [0.2, 0.25) is 0 Å². The molecule has 0 unspecified atom stereocenters. The number of amides is 1. The van der Waals surface area contributed by atoms with E-state index in [9.17, 15) is 9.18 Å². The summed E-state index contributed by atoms with van der Waals surface area (Å²) in [6.45, 7) is 3.78. The second kappa shape index (κ2) is 6.39. The Morgan fingerprint density at radius 3 is 2.43 bits per heavy atom. The molecule has 0 aliphatic heterocycles. The van der Waals surface area contributed by atoms with Gasteiger partial charge >= 0.3 is 0 Å². The van der Waals surface area contributed by atoms with Gasteiger partial charge in [0.25, 0.3) is 5.91 Å². The molecule has 2 aromatic rings. The highest BCUT2D eigenvalue weighted by Gasteiger charge is 2.13. The molecule has 0 bridgehead atoms. The molecule has 0 heterocycles. The van der Waals surface area contributed by atoms with E-state index < -0.39 is 5.82 Å². The van der Waals surface area contributed by atoms with Crippen molar-refractivity contribution in [1.29, 1.82) is 0 Å². The van der Waals surface area contributed by atoms with Crippen molar-refractivity contribution < 1.29 is 13.9 Å². The minimum Gasteiger partial charge on any atom is -0.494 e. The van der Waals surface area contributed by atoms with Crippen LogP contribution in [0.5, 0.6) is 5.75 Å². The van der Waals surface area contributed by atoms with E-state index in [2.05, 4.69) is 5.32 Å². The number of aryl methyl sites for hydroxylation is 1. The number of carbonyl (C=O) groups excluding carboxylic acids is 1. The lowest BCUT2D eigenvalue weighted by molar-refractivity contribution is 0.0940. The molecule has 0 saturated heterocycles. The molecule has 0 radical (unpaired) electrons. The summed E-state index contributed by atoms with van der Waals surface area (Å²) in [6, 6.07) is 11.7. The number of methoxy groups -OCH3 is 1. The lowest BCUT2D eigenvalue weighted by Crippen LogP contribution is -2.26. The quantitative estimate of drug-likeness (QED) is 0.932. The molecule has 1 atom stereocenters. The monoisotopic (exact) mass is 287 g/mol. The summed E-state index contributed by atoms with van der Waals surface area (Å²) in [5, 5.41) is 2.85. The van der Waals surface area contributed by atoms with Gasteiger partial charge in [0.1, 0.15) is 0 Å². The first-order chi connectivity index (χ1) is 10.0. The van der Waals surface area contributed by atoms with Gasteiger partial charge in [-0.15, -0.1) is 0 Å². The summed E-state index contributed by atoms with van der Waals surface area (Å²) in [6.07, 6.45) is 0. The predicted molar refractivity (Wildman–Crippen MR) is 80.0 cm³/mol. The number of ether oxygens (including phenoxy) is 1. The van der Waals surface area contributed by atoms with Crippen LogP contribution in [0.1, 0.15) is 34.5 Å². The van der Waals surface area contributed by atoms with Gasteiger partial charge in [0, 0.05) is 5.56 Å². The maximum atomic E-state index is 13.7. The molecular formula is C17H18FNO2. The van der Waals surface area contributed by atoms with Gasteiger partial charge in [0.15, 0.2) is 11.6 Å². The van der Waals surface area contributed by atoms with Crippen molar-refractivity contribution in [1.82, 2.24) is 5.32 Å². The molecular weight excluding hydrogens is 269 g/mol. The van der Waals surface area contributed by atoms with Gasteiger partial charge in [-0.25, -0.2) is 4.39 Å². The Morgan fingerprint density at radius 2 is 1.86 bits per heavy atom. The lowest BCUT2D eigenvalue weighted by Gasteiger charge is -2.15. The summed E-state index contributed by atoms with van der Waals surface area (Å²) >= 11 is 0. The lowest BCUT2D eigenvalue weighted by atomic mass is 10.1. The minimum absolute atomic E-state index is 0.182. The van der Waals surface area contributed by atoms with E-state index in [4.69, 9.17) is 4.74 Å². The number of benzene rings is 2. The standard InChI is InChI=1S/C17H18FNO2/c1-11-4-6-13(7-5-11)17(20)19-12(2)14-8-9-16(21-3)15(18)10-14/h4-10,12H,1-3H3,(H,19,20)/t12-/m1/s1. The van der Waals surface area contributed by atoms with Crippen LogP contribution in [-0.4, -0.2) is 13.0 Å². The van der Waals surface area contributed by atoms with E-state index >= 15 is 0 Å². The van der Waals surface area contributed by atoms with E-state index in [1.807, 2.05) is 26.0 Å². The van der Waals surface area contributed by atoms with Crippen molar-refractivity contribution in [3.05, 3.63) is 65.0 Å². The van der Waals surface area contributed by atoms with Crippen molar-refractivity contribution in [3.8, 4) is 5.75 Å². The van der Waals surface area contributed by atoms with Crippen molar-refractivity contribution in [2.45, 2.75) is 19.9 Å². The Hall–Kier alpha value is -2.36. The van der Waals surface area contributed by atoms with Crippen LogP contribution in [0.25, 0.3) is 0 Å². The van der Waals surface area contributed by atoms with Crippen molar-refractivity contribution in [2.24, 2.45) is 0 Å². The molecule has 3 nitrogen and oxygen atoms in total. The Kier molecular flexibility index (Phi) is 4.58. The van der Waals surface area contributed by atoms with Gasteiger partial charge < -0.3 is 10.1 Å². The van der Waals surface area contributed by atoms with E-state index in [1.54, 1.807) is 24.3 Å². The minimum atomic E-state index is -0.438. The average Bonchev–Trinajstić information content (AvgIpc) is 2.47. The maximum absolute atomic E-state index is 13.7. The van der Waals surface area contributed by atoms with Crippen molar-refractivity contribution >= 4 is 5.91 Å². The van der Waals surface area contributed by atoms with Crippen LogP contribution in [0.3, 0.4) is 0 Å². The van der Waals surface area contributed by atoms with Crippen molar-refractivity contribution in [3.63, 3.8) is 0 Å². The number of hydrogen-bond acceptors (Lipinski definition) is 2. The third-order valence-corrected chi connectivity index (χ3v) is 3.34. The maximum Gasteiger partial charge on any atom is 0.251 e. The molecule has 0 fully saturated rings. The molecule has 0 spiro atoms. The zero-order valence-corrected chi connectivity index (χ0v) is 12.3. The second-order valence-corrected chi connectivity index (χ2v) is 4.96. The molecule has 0 aliphatic rings. The van der Waals surface area contributed by atoms with Crippen molar-refractivity contribution in [2.75, 3.05) is 7.11 Å². The third-order valence-electron chi connectivity index (χ3n) is 3.34. The Morgan fingerprint density at radius 1 is 1.19 bits per heavy atom. The molecule has 0 aliphatic carbocycles. The Labute approximate surface area is 123 Å². The highest BCUT2D eigenvalue weighted by Crippen LogP contribution is 2.22. The highest BCUT2D eigenvalue weighted by molar-refractivity contribution is 5.94. The van der Waals surface area contributed by atoms with Crippen LogP contribution in [0, 0.1) is 12.7 Å². The van der Waals surface area contributed by atoms with Crippen LogP contribution < -0.4 is 10.1 Å². The highest BCUT2D eigenvalue weighted by atomic mass is 19.1. The van der Waals surface area contributed by atoms with E-state index in [0.717, 1.165) is 5.56 Å². The van der Waals surface area contributed by atoms with Crippen LogP contribution in [0.15, 0.2) is 42.5 Å². The largest absolute Gasteiger partial charge is 0.494 e. The molecule has 4 heteroatoms. The molecule has 110 valence electrons. The number of nitrogens with one attached hydrogen (secondary N) is 1. The van der Waals surface area contributed by atoms with Gasteiger partial charge in [-0.3, -0.25) is 4.79 Å². The number of rotatable bonds is 4. The zero-order chi connectivity index (χ0) is 15.4. The molecule has 2 rings (SSSR count). The predicted octanol–water partition coefficient (Wildman–Crippen LogP) is 3.63. The summed E-state index contributed by atoms with van der Waals surface area (Å²) in [5.74, 6) is -0.430. The SMILES string of the molecule is COc1ccc([C@@H](C)NC(=O)c2ccc(C)cc2)cc1F. The van der Waals surface area contributed by atoms with Gasteiger partial charge in [-0.1, -0.05) is 23.8 Å². The zero-order valence-electron chi connectivity index (χ0n) is 12.3. The second-order valence-electron chi connectivity index (χ2n) is 4.96. The van der Waals surface area contributed by atoms with Gasteiger partial charge in [-0.05, 0) is 43.7 Å².